The van der Waals surface area contributed by atoms with Gasteiger partial charge in [-0.25, -0.2) is 13.6 Å². The number of nitrogens with one attached hydrogen (secondary N) is 1. The molecule has 3 fully saturated rings. The first-order chi connectivity index (χ1) is 12.9. The number of halogens is 2. The molecule has 2 amide bonds. The zero-order chi connectivity index (χ0) is 19.1. The van der Waals surface area contributed by atoms with E-state index in [0.717, 1.165) is 37.0 Å². The number of alkyl halides is 2. The fourth-order valence-corrected chi connectivity index (χ4v) is 4.92. The standard InChI is InChI=1S/C21H28F2N2O2/c1-2-10-27-18-5-3-4-15(11-18)8-9-24-19(26)25-16-6-7-17(25)13-20(12-16)14-21(20,22)23/h3-5,11,16-17H,2,6-10,12-14H2,1H3,(H,24,26). The van der Waals surface area contributed by atoms with Crippen LogP contribution in [0.4, 0.5) is 13.6 Å². The van der Waals surface area contributed by atoms with Gasteiger partial charge in [0.2, 0.25) is 0 Å². The number of hydrogen-bond acceptors (Lipinski definition) is 2. The van der Waals surface area contributed by atoms with Gasteiger partial charge in [0.1, 0.15) is 5.75 Å². The number of amides is 2. The van der Waals surface area contributed by atoms with Gasteiger partial charge in [0, 0.05) is 30.5 Å². The minimum absolute atomic E-state index is 0.0128. The molecule has 1 N–H and O–H groups in total. The summed E-state index contributed by atoms with van der Waals surface area (Å²) in [6, 6.07) is 7.78. The fraction of sp³-hybridized carbons (Fsp3) is 0.667. The van der Waals surface area contributed by atoms with Crippen molar-refractivity contribution in [1.29, 1.82) is 0 Å². The van der Waals surface area contributed by atoms with Crippen LogP contribution in [0.3, 0.4) is 0 Å². The van der Waals surface area contributed by atoms with Gasteiger partial charge in [-0.05, 0) is 56.2 Å². The molecule has 2 unspecified atom stereocenters. The van der Waals surface area contributed by atoms with E-state index in [1.165, 1.54) is 0 Å². The Bertz CT molecular complexity index is 695. The lowest BCUT2D eigenvalue weighted by Gasteiger charge is -2.39. The second kappa shape index (κ2) is 6.95. The molecule has 1 aromatic rings. The predicted molar refractivity (Wildman–Crippen MR) is 99.2 cm³/mol. The van der Waals surface area contributed by atoms with Gasteiger partial charge in [-0.15, -0.1) is 0 Å². The number of fused-ring (bicyclic) bond motifs is 2. The van der Waals surface area contributed by atoms with Crippen molar-refractivity contribution in [2.45, 2.75) is 69.9 Å². The second-order valence-corrected chi connectivity index (χ2v) is 8.34. The lowest BCUT2D eigenvalue weighted by Crippen LogP contribution is -2.52. The van der Waals surface area contributed by atoms with E-state index in [1.54, 1.807) is 0 Å². The largest absolute Gasteiger partial charge is 0.494 e. The first-order valence-electron chi connectivity index (χ1n) is 10.1. The van der Waals surface area contributed by atoms with E-state index >= 15 is 0 Å². The molecule has 3 aliphatic rings. The highest BCUT2D eigenvalue weighted by Gasteiger charge is 2.74. The van der Waals surface area contributed by atoms with Gasteiger partial charge in [-0.3, -0.25) is 0 Å². The number of carbonyl (C=O) groups is 1. The van der Waals surface area contributed by atoms with E-state index in [9.17, 15) is 13.6 Å². The Morgan fingerprint density at radius 2 is 2.00 bits per heavy atom. The van der Waals surface area contributed by atoms with Gasteiger partial charge >= 0.3 is 6.03 Å². The van der Waals surface area contributed by atoms with Crippen molar-refractivity contribution >= 4 is 6.03 Å². The molecular formula is C21H28F2N2O2. The van der Waals surface area contributed by atoms with Crippen LogP contribution in [0.1, 0.15) is 51.0 Å². The number of urea groups is 1. The summed E-state index contributed by atoms with van der Waals surface area (Å²) in [4.78, 5) is 14.5. The average Bonchev–Trinajstić information content (AvgIpc) is 3.02. The maximum Gasteiger partial charge on any atom is 0.317 e. The summed E-state index contributed by atoms with van der Waals surface area (Å²) in [5.41, 5.74) is 0.302. The van der Waals surface area contributed by atoms with E-state index in [2.05, 4.69) is 12.2 Å². The van der Waals surface area contributed by atoms with Gasteiger partial charge < -0.3 is 15.0 Å². The molecule has 4 rings (SSSR count). The monoisotopic (exact) mass is 378 g/mol. The Hall–Kier alpha value is -1.85. The molecule has 2 bridgehead atoms. The number of hydrogen-bond donors (Lipinski definition) is 1. The number of benzene rings is 1. The number of piperidine rings is 1. The summed E-state index contributed by atoms with van der Waals surface area (Å²) in [6.45, 7) is 3.30. The third-order valence-electron chi connectivity index (χ3n) is 6.38. The highest BCUT2D eigenvalue weighted by atomic mass is 19.3. The lowest BCUT2D eigenvalue weighted by atomic mass is 9.87. The van der Waals surface area contributed by atoms with Crippen LogP contribution in [0.5, 0.6) is 5.75 Å². The minimum atomic E-state index is -2.51. The van der Waals surface area contributed by atoms with Crippen molar-refractivity contribution in [1.82, 2.24) is 10.2 Å². The SMILES string of the molecule is CCCOc1cccc(CCNC(=O)N2C3CCC2CC2(C3)CC2(F)F)c1. The van der Waals surface area contributed by atoms with Gasteiger partial charge in [0.15, 0.2) is 0 Å². The number of carbonyl (C=O) groups excluding carboxylic acids is 1. The highest BCUT2D eigenvalue weighted by Crippen LogP contribution is 2.69. The molecule has 0 aromatic heterocycles. The van der Waals surface area contributed by atoms with Gasteiger partial charge in [-0.2, -0.15) is 0 Å². The molecule has 1 spiro atoms. The Kier molecular flexibility index (Phi) is 4.77. The van der Waals surface area contributed by atoms with Gasteiger partial charge in [0.25, 0.3) is 5.92 Å². The van der Waals surface area contributed by atoms with Crippen LogP contribution in [-0.2, 0) is 6.42 Å². The molecule has 6 heteroatoms. The van der Waals surface area contributed by atoms with E-state index in [4.69, 9.17) is 4.74 Å². The molecule has 1 aliphatic carbocycles. The summed E-state index contributed by atoms with van der Waals surface area (Å²) in [5, 5.41) is 2.99. The number of ether oxygens (including phenoxy) is 1. The van der Waals surface area contributed by atoms with Crippen molar-refractivity contribution in [2.75, 3.05) is 13.2 Å². The van der Waals surface area contributed by atoms with Crippen molar-refractivity contribution in [3.8, 4) is 5.75 Å². The Morgan fingerprint density at radius 3 is 2.63 bits per heavy atom. The van der Waals surface area contributed by atoms with Gasteiger partial charge in [-0.1, -0.05) is 19.1 Å². The molecule has 2 atom stereocenters. The van der Waals surface area contributed by atoms with Gasteiger partial charge in [0.05, 0.1) is 6.61 Å². The zero-order valence-corrected chi connectivity index (χ0v) is 15.8. The van der Waals surface area contributed by atoms with E-state index in [-0.39, 0.29) is 24.5 Å². The number of rotatable bonds is 6. The topological polar surface area (TPSA) is 41.6 Å². The van der Waals surface area contributed by atoms with Crippen molar-refractivity contribution in [3.63, 3.8) is 0 Å². The quantitative estimate of drug-likeness (QED) is 0.798. The molecule has 27 heavy (non-hydrogen) atoms. The maximum atomic E-state index is 13.7. The maximum absolute atomic E-state index is 13.7. The molecule has 2 aliphatic heterocycles. The Balaban J connectivity index is 1.28. The molecule has 1 aromatic carbocycles. The van der Waals surface area contributed by atoms with Crippen LogP contribution in [0.25, 0.3) is 0 Å². The molecule has 2 heterocycles. The summed E-state index contributed by atoms with van der Waals surface area (Å²) < 4.78 is 33.1. The van der Waals surface area contributed by atoms with Crippen LogP contribution in [0, 0.1) is 5.41 Å². The molecule has 0 radical (unpaired) electrons. The first-order valence-corrected chi connectivity index (χ1v) is 10.1. The van der Waals surface area contributed by atoms with E-state index in [1.807, 2.05) is 29.2 Å². The molecular weight excluding hydrogens is 350 g/mol. The lowest BCUT2D eigenvalue weighted by molar-refractivity contribution is 0.0170. The highest BCUT2D eigenvalue weighted by molar-refractivity contribution is 5.75. The van der Waals surface area contributed by atoms with Crippen LogP contribution < -0.4 is 10.1 Å². The Labute approximate surface area is 159 Å². The normalized spacial score (nSPS) is 30.4. The molecule has 1 saturated carbocycles. The molecule has 4 nitrogen and oxygen atoms in total. The first kappa shape index (κ1) is 18.5. The van der Waals surface area contributed by atoms with Crippen LogP contribution in [0.2, 0.25) is 0 Å². The van der Waals surface area contributed by atoms with E-state index in [0.29, 0.717) is 26.0 Å². The molecule has 2 saturated heterocycles. The average molecular weight is 378 g/mol. The number of nitrogens with zero attached hydrogens (tertiary/aromatic N) is 1. The fourth-order valence-electron chi connectivity index (χ4n) is 4.92. The van der Waals surface area contributed by atoms with Crippen LogP contribution in [-0.4, -0.2) is 42.1 Å². The molecule has 148 valence electrons. The Morgan fingerprint density at radius 1 is 1.30 bits per heavy atom. The minimum Gasteiger partial charge on any atom is -0.494 e. The summed E-state index contributed by atoms with van der Waals surface area (Å²) in [5.74, 6) is -1.66. The van der Waals surface area contributed by atoms with E-state index < -0.39 is 11.3 Å². The van der Waals surface area contributed by atoms with Crippen molar-refractivity contribution in [3.05, 3.63) is 29.8 Å². The van der Waals surface area contributed by atoms with Crippen molar-refractivity contribution < 1.29 is 18.3 Å². The summed E-state index contributed by atoms with van der Waals surface area (Å²) >= 11 is 0. The third-order valence-corrected chi connectivity index (χ3v) is 6.38. The summed E-state index contributed by atoms with van der Waals surface area (Å²) in [6.07, 6.45) is 4.33. The third kappa shape index (κ3) is 3.50. The predicted octanol–water partition coefficient (Wildman–Crippen LogP) is 4.38. The summed E-state index contributed by atoms with van der Waals surface area (Å²) in [7, 11) is 0. The zero-order valence-electron chi connectivity index (χ0n) is 15.8. The van der Waals surface area contributed by atoms with Crippen molar-refractivity contribution in [2.24, 2.45) is 5.41 Å². The smallest absolute Gasteiger partial charge is 0.317 e. The van der Waals surface area contributed by atoms with Crippen LogP contribution in [0.15, 0.2) is 24.3 Å². The van der Waals surface area contributed by atoms with Crippen LogP contribution >= 0.6 is 0 Å². The second-order valence-electron chi connectivity index (χ2n) is 8.34.